The van der Waals surface area contributed by atoms with Crippen molar-refractivity contribution in [3.8, 4) is 0 Å². The van der Waals surface area contributed by atoms with Crippen LogP contribution in [0.5, 0.6) is 0 Å². The highest BCUT2D eigenvalue weighted by Gasteiger charge is 2.09. The maximum Gasteiger partial charge on any atom is 0.308 e. The number of esters is 2. The zero-order valence-corrected chi connectivity index (χ0v) is 11.0. The molecular formula is C12H24O4. The van der Waals surface area contributed by atoms with Crippen molar-refractivity contribution in [3.63, 3.8) is 0 Å². The van der Waals surface area contributed by atoms with E-state index in [9.17, 15) is 9.59 Å². The average Bonchev–Trinajstić information content (AvgIpc) is 2.29. The van der Waals surface area contributed by atoms with Gasteiger partial charge in [0.2, 0.25) is 0 Å². The Kier molecular flexibility index (Phi) is 13.0. The third-order valence-corrected chi connectivity index (χ3v) is 1.98. The van der Waals surface area contributed by atoms with Crippen LogP contribution in [0.3, 0.4) is 0 Å². The quantitative estimate of drug-likeness (QED) is 0.683. The second kappa shape index (κ2) is 12.0. The van der Waals surface area contributed by atoms with E-state index in [2.05, 4.69) is 4.74 Å². The summed E-state index contributed by atoms with van der Waals surface area (Å²) in [5, 5.41) is 0. The Labute approximate surface area is 98.3 Å². The van der Waals surface area contributed by atoms with Gasteiger partial charge in [-0.05, 0) is 19.8 Å². The fourth-order valence-electron chi connectivity index (χ4n) is 0.757. The van der Waals surface area contributed by atoms with E-state index in [1.165, 1.54) is 7.11 Å². The second-order valence-corrected chi connectivity index (χ2v) is 3.39. The predicted molar refractivity (Wildman–Crippen MR) is 63.0 cm³/mol. The Morgan fingerprint density at radius 3 is 2.00 bits per heavy atom. The third kappa shape index (κ3) is 11.0. The summed E-state index contributed by atoms with van der Waals surface area (Å²) >= 11 is 0. The number of hydrogen-bond donors (Lipinski definition) is 0. The topological polar surface area (TPSA) is 52.6 Å². The largest absolute Gasteiger partial charge is 0.469 e. The molecule has 0 aliphatic carbocycles. The van der Waals surface area contributed by atoms with E-state index < -0.39 is 0 Å². The summed E-state index contributed by atoms with van der Waals surface area (Å²) in [7, 11) is 1.40. The van der Waals surface area contributed by atoms with Crippen molar-refractivity contribution >= 4 is 11.9 Å². The molecule has 4 nitrogen and oxygen atoms in total. The van der Waals surface area contributed by atoms with Gasteiger partial charge < -0.3 is 9.47 Å². The lowest BCUT2D eigenvalue weighted by Gasteiger charge is -2.05. The first-order valence-electron chi connectivity index (χ1n) is 5.76. The molecule has 0 saturated heterocycles. The van der Waals surface area contributed by atoms with Gasteiger partial charge in [-0.3, -0.25) is 9.59 Å². The van der Waals surface area contributed by atoms with Crippen molar-refractivity contribution < 1.29 is 19.1 Å². The molecule has 16 heavy (non-hydrogen) atoms. The van der Waals surface area contributed by atoms with Crippen LogP contribution in [0.15, 0.2) is 0 Å². The van der Waals surface area contributed by atoms with Crippen LogP contribution in [0.25, 0.3) is 0 Å². The lowest BCUT2D eigenvalue weighted by molar-refractivity contribution is -0.147. The number of hydrogen-bond acceptors (Lipinski definition) is 4. The van der Waals surface area contributed by atoms with E-state index in [0.29, 0.717) is 13.0 Å². The smallest absolute Gasteiger partial charge is 0.308 e. The van der Waals surface area contributed by atoms with Gasteiger partial charge in [0.05, 0.1) is 19.6 Å². The van der Waals surface area contributed by atoms with Gasteiger partial charge in [0.15, 0.2) is 0 Å². The van der Waals surface area contributed by atoms with Crippen LogP contribution in [0.1, 0.15) is 47.0 Å². The van der Waals surface area contributed by atoms with Crippen molar-refractivity contribution in [2.75, 3.05) is 13.7 Å². The number of carbonyl (C=O) groups is 2. The van der Waals surface area contributed by atoms with Gasteiger partial charge in [-0.2, -0.15) is 0 Å². The van der Waals surface area contributed by atoms with Gasteiger partial charge in [0, 0.05) is 6.42 Å². The van der Waals surface area contributed by atoms with Crippen molar-refractivity contribution in [3.05, 3.63) is 0 Å². The maximum atomic E-state index is 10.8. The molecule has 0 saturated carbocycles. The zero-order chi connectivity index (χ0) is 13.0. The zero-order valence-electron chi connectivity index (χ0n) is 11.0. The van der Waals surface area contributed by atoms with Crippen LogP contribution in [-0.2, 0) is 19.1 Å². The summed E-state index contributed by atoms with van der Waals surface area (Å²) < 4.78 is 9.11. The van der Waals surface area contributed by atoms with Gasteiger partial charge in [0.1, 0.15) is 0 Å². The van der Waals surface area contributed by atoms with Gasteiger partial charge >= 0.3 is 11.9 Å². The first kappa shape index (κ1) is 17.3. The fraction of sp³-hybridized carbons (Fsp3) is 0.833. The molecular weight excluding hydrogens is 208 g/mol. The monoisotopic (exact) mass is 232 g/mol. The molecule has 0 radical (unpaired) electrons. The molecule has 1 atom stereocenters. The fourth-order valence-corrected chi connectivity index (χ4v) is 0.757. The summed E-state index contributed by atoms with van der Waals surface area (Å²) in [5.74, 6) is -0.146. The minimum absolute atomic E-state index is 0.0601. The average molecular weight is 232 g/mol. The van der Waals surface area contributed by atoms with Gasteiger partial charge in [0.25, 0.3) is 0 Å². The van der Waals surface area contributed by atoms with E-state index in [1.807, 2.05) is 27.7 Å². The third-order valence-electron chi connectivity index (χ3n) is 1.98. The Bertz CT molecular complexity index is 189. The van der Waals surface area contributed by atoms with Crippen molar-refractivity contribution in [2.24, 2.45) is 5.92 Å². The SMILES string of the molecule is CCCC(=O)OC.CCOC(=O)C(C)CC. The molecule has 0 heterocycles. The molecule has 96 valence electrons. The van der Waals surface area contributed by atoms with E-state index >= 15 is 0 Å². The van der Waals surface area contributed by atoms with Gasteiger partial charge in [-0.25, -0.2) is 0 Å². The van der Waals surface area contributed by atoms with Crippen LogP contribution >= 0.6 is 0 Å². The summed E-state index contributed by atoms with van der Waals surface area (Å²) in [6.07, 6.45) is 2.27. The minimum Gasteiger partial charge on any atom is -0.469 e. The molecule has 0 bridgehead atoms. The molecule has 1 unspecified atom stereocenters. The van der Waals surface area contributed by atoms with Gasteiger partial charge in [-0.1, -0.05) is 20.8 Å². The summed E-state index contributed by atoms with van der Waals surface area (Å²) in [6.45, 7) is 8.10. The Balaban J connectivity index is 0. The molecule has 0 fully saturated rings. The molecule has 0 N–H and O–H groups in total. The molecule has 0 aliphatic rings. The highest BCUT2D eigenvalue weighted by Crippen LogP contribution is 2.01. The maximum absolute atomic E-state index is 10.8. The summed E-state index contributed by atoms with van der Waals surface area (Å²) in [4.78, 5) is 20.9. The molecule has 0 rings (SSSR count). The van der Waals surface area contributed by atoms with Crippen LogP contribution in [0.4, 0.5) is 0 Å². The number of carbonyl (C=O) groups excluding carboxylic acids is 2. The highest BCUT2D eigenvalue weighted by molar-refractivity contribution is 5.71. The van der Waals surface area contributed by atoms with E-state index in [-0.39, 0.29) is 17.9 Å². The molecule has 0 aromatic rings. The summed E-state index contributed by atoms with van der Waals surface area (Å²) in [5.41, 5.74) is 0. The van der Waals surface area contributed by atoms with Crippen molar-refractivity contribution in [1.82, 2.24) is 0 Å². The number of rotatable bonds is 5. The molecule has 0 aromatic heterocycles. The number of ether oxygens (including phenoxy) is 2. The molecule has 0 spiro atoms. The van der Waals surface area contributed by atoms with E-state index in [0.717, 1.165) is 12.8 Å². The van der Waals surface area contributed by atoms with Crippen LogP contribution in [0, 0.1) is 5.92 Å². The van der Waals surface area contributed by atoms with Gasteiger partial charge in [-0.15, -0.1) is 0 Å². The lowest BCUT2D eigenvalue weighted by Crippen LogP contribution is -2.13. The molecule has 0 aromatic carbocycles. The van der Waals surface area contributed by atoms with Crippen molar-refractivity contribution in [2.45, 2.75) is 47.0 Å². The Morgan fingerprint density at radius 1 is 1.19 bits per heavy atom. The Morgan fingerprint density at radius 2 is 1.75 bits per heavy atom. The minimum atomic E-state index is -0.123. The first-order chi connectivity index (χ1) is 7.53. The molecule has 4 heteroatoms. The lowest BCUT2D eigenvalue weighted by atomic mass is 10.1. The molecule has 0 amide bonds. The highest BCUT2D eigenvalue weighted by atomic mass is 16.5. The van der Waals surface area contributed by atoms with Crippen LogP contribution in [0.2, 0.25) is 0 Å². The standard InChI is InChI=1S/C7H14O2.C5H10O2/c1-4-6(3)7(8)9-5-2;1-3-4-5(6)7-2/h6H,4-5H2,1-3H3;3-4H2,1-2H3. The van der Waals surface area contributed by atoms with Crippen LogP contribution in [-0.4, -0.2) is 25.7 Å². The normalized spacial score (nSPS) is 10.8. The van der Waals surface area contributed by atoms with E-state index in [1.54, 1.807) is 0 Å². The van der Waals surface area contributed by atoms with E-state index in [4.69, 9.17) is 4.74 Å². The summed E-state index contributed by atoms with van der Waals surface area (Å²) in [6, 6.07) is 0. The Hall–Kier alpha value is -1.06. The number of methoxy groups -OCH3 is 1. The van der Waals surface area contributed by atoms with Crippen molar-refractivity contribution in [1.29, 1.82) is 0 Å². The van der Waals surface area contributed by atoms with Crippen LogP contribution < -0.4 is 0 Å². The first-order valence-corrected chi connectivity index (χ1v) is 5.76. The molecule has 0 aliphatic heterocycles. The second-order valence-electron chi connectivity index (χ2n) is 3.39. The predicted octanol–water partition coefficient (Wildman–Crippen LogP) is 2.56.